The molecular weight excluding hydrogens is 299 g/mol. The van der Waals surface area contributed by atoms with Gasteiger partial charge in [0.2, 0.25) is 5.91 Å². The van der Waals surface area contributed by atoms with Crippen molar-refractivity contribution in [1.29, 1.82) is 0 Å². The van der Waals surface area contributed by atoms with E-state index in [0.29, 0.717) is 23.1 Å². The topological polar surface area (TPSA) is 55.1 Å². The van der Waals surface area contributed by atoms with Crippen LogP contribution in [0.3, 0.4) is 0 Å². The molecule has 5 heteroatoms. The number of aryl methyl sites for hydroxylation is 1. The van der Waals surface area contributed by atoms with Gasteiger partial charge < -0.3 is 11.1 Å². The van der Waals surface area contributed by atoms with Gasteiger partial charge in [-0.2, -0.15) is 0 Å². The van der Waals surface area contributed by atoms with Crippen LogP contribution in [0, 0.1) is 18.7 Å². The average Bonchev–Trinajstić information content (AvgIpc) is 2.33. The number of rotatable bonds is 5. The molecule has 1 aromatic rings. The van der Waals surface area contributed by atoms with Gasteiger partial charge in [0.15, 0.2) is 0 Å². The molecule has 0 fully saturated rings. The van der Waals surface area contributed by atoms with E-state index in [0.717, 1.165) is 12.0 Å². The molecule has 0 heterocycles. The molecule has 0 aliphatic rings. The lowest BCUT2D eigenvalue weighted by atomic mass is 10.0. The summed E-state index contributed by atoms with van der Waals surface area (Å²) in [5.41, 5.74) is 6.88. The predicted molar refractivity (Wildman–Crippen MR) is 74.9 cm³/mol. The van der Waals surface area contributed by atoms with E-state index in [1.165, 1.54) is 6.07 Å². The van der Waals surface area contributed by atoms with E-state index in [-0.39, 0.29) is 17.6 Å². The van der Waals surface area contributed by atoms with E-state index in [1.807, 2.05) is 13.8 Å². The van der Waals surface area contributed by atoms with E-state index >= 15 is 0 Å². The van der Waals surface area contributed by atoms with Gasteiger partial charge in [0, 0.05) is 12.1 Å². The Morgan fingerprint density at radius 1 is 1.56 bits per heavy atom. The van der Waals surface area contributed by atoms with E-state index in [4.69, 9.17) is 5.73 Å². The zero-order valence-electron chi connectivity index (χ0n) is 10.6. The van der Waals surface area contributed by atoms with Crippen molar-refractivity contribution >= 4 is 27.5 Å². The van der Waals surface area contributed by atoms with Gasteiger partial charge in [-0.1, -0.05) is 13.3 Å². The summed E-state index contributed by atoms with van der Waals surface area (Å²) in [4.78, 5) is 11.8. The van der Waals surface area contributed by atoms with Crippen LogP contribution >= 0.6 is 15.9 Å². The molecular formula is C13H18BrFN2O. The molecule has 0 bridgehead atoms. The van der Waals surface area contributed by atoms with Crippen molar-refractivity contribution in [3.05, 3.63) is 28.0 Å². The molecule has 1 atom stereocenters. The first kappa shape index (κ1) is 15.1. The molecule has 3 nitrogen and oxygen atoms in total. The fraction of sp³-hybridized carbons (Fsp3) is 0.462. The Morgan fingerprint density at radius 2 is 2.22 bits per heavy atom. The first-order valence-electron chi connectivity index (χ1n) is 5.93. The third-order valence-electron chi connectivity index (χ3n) is 2.93. The Morgan fingerprint density at radius 3 is 2.78 bits per heavy atom. The first-order valence-corrected chi connectivity index (χ1v) is 6.72. The Balaban J connectivity index is 2.73. The second kappa shape index (κ2) is 6.85. The molecule has 0 saturated carbocycles. The van der Waals surface area contributed by atoms with Crippen molar-refractivity contribution in [2.75, 3.05) is 11.9 Å². The number of amides is 1. The van der Waals surface area contributed by atoms with Gasteiger partial charge in [0.25, 0.3) is 0 Å². The third kappa shape index (κ3) is 4.07. The monoisotopic (exact) mass is 316 g/mol. The van der Waals surface area contributed by atoms with Crippen LogP contribution in [0.5, 0.6) is 0 Å². The highest BCUT2D eigenvalue weighted by Gasteiger charge is 2.12. The summed E-state index contributed by atoms with van der Waals surface area (Å²) in [5.74, 6) is -0.343. The number of nitrogens with one attached hydrogen (secondary N) is 1. The molecule has 1 rings (SSSR count). The largest absolute Gasteiger partial charge is 0.330 e. The lowest BCUT2D eigenvalue weighted by Gasteiger charge is -2.13. The zero-order valence-corrected chi connectivity index (χ0v) is 12.2. The Labute approximate surface area is 115 Å². The minimum atomic E-state index is -0.387. The number of anilines is 1. The fourth-order valence-electron chi connectivity index (χ4n) is 1.64. The van der Waals surface area contributed by atoms with E-state index in [1.54, 1.807) is 6.07 Å². The van der Waals surface area contributed by atoms with Crippen LogP contribution in [0.4, 0.5) is 10.1 Å². The molecule has 1 aromatic carbocycles. The number of hydrogen-bond acceptors (Lipinski definition) is 2. The molecule has 100 valence electrons. The summed E-state index contributed by atoms with van der Waals surface area (Å²) < 4.78 is 13.8. The van der Waals surface area contributed by atoms with Gasteiger partial charge in [0.05, 0.1) is 4.47 Å². The second-order valence-corrected chi connectivity index (χ2v) is 5.20. The molecule has 0 aliphatic heterocycles. The number of carbonyl (C=O) groups excluding carboxylic acids is 1. The number of hydrogen-bond donors (Lipinski definition) is 2. The van der Waals surface area contributed by atoms with Gasteiger partial charge in [0.1, 0.15) is 5.82 Å². The number of benzene rings is 1. The second-order valence-electron chi connectivity index (χ2n) is 4.34. The fourth-order valence-corrected chi connectivity index (χ4v) is 2.10. The molecule has 0 aliphatic carbocycles. The minimum Gasteiger partial charge on any atom is -0.330 e. The standard InChI is InChI=1S/C13H18BrFN2O/c1-3-9(7-16)5-13(18)17-12-6-11(15)10(14)4-8(12)2/h4,6,9H,3,5,7,16H2,1-2H3,(H,17,18). The van der Waals surface area contributed by atoms with Gasteiger partial charge in [-0.15, -0.1) is 0 Å². The van der Waals surface area contributed by atoms with Crippen LogP contribution in [0.25, 0.3) is 0 Å². The number of nitrogens with two attached hydrogens (primary N) is 1. The summed E-state index contributed by atoms with van der Waals surface area (Å²) in [7, 11) is 0. The maximum absolute atomic E-state index is 13.4. The number of carbonyl (C=O) groups is 1. The lowest BCUT2D eigenvalue weighted by Crippen LogP contribution is -2.22. The van der Waals surface area contributed by atoms with Crippen molar-refractivity contribution < 1.29 is 9.18 Å². The minimum absolute atomic E-state index is 0.128. The van der Waals surface area contributed by atoms with Crippen LogP contribution in [-0.4, -0.2) is 12.5 Å². The average molecular weight is 317 g/mol. The molecule has 1 unspecified atom stereocenters. The van der Waals surface area contributed by atoms with E-state index < -0.39 is 0 Å². The maximum Gasteiger partial charge on any atom is 0.224 e. The highest BCUT2D eigenvalue weighted by atomic mass is 79.9. The molecule has 0 spiro atoms. The van der Waals surface area contributed by atoms with Crippen molar-refractivity contribution in [3.8, 4) is 0 Å². The highest BCUT2D eigenvalue weighted by Crippen LogP contribution is 2.24. The van der Waals surface area contributed by atoms with Gasteiger partial charge in [-0.05, 0) is 53.0 Å². The quantitative estimate of drug-likeness (QED) is 0.876. The Hall–Kier alpha value is -0.940. The SMILES string of the molecule is CCC(CN)CC(=O)Nc1cc(F)c(Br)cc1C. The summed E-state index contributed by atoms with van der Waals surface area (Å²) in [6.45, 7) is 4.30. The molecule has 3 N–H and O–H groups in total. The van der Waals surface area contributed by atoms with Gasteiger partial charge in [-0.25, -0.2) is 4.39 Å². The zero-order chi connectivity index (χ0) is 13.7. The first-order chi connectivity index (χ1) is 8.47. The molecule has 0 aromatic heterocycles. The van der Waals surface area contributed by atoms with Crippen LogP contribution in [0.2, 0.25) is 0 Å². The molecule has 0 saturated heterocycles. The van der Waals surface area contributed by atoms with Gasteiger partial charge in [-0.3, -0.25) is 4.79 Å². The highest BCUT2D eigenvalue weighted by molar-refractivity contribution is 9.10. The van der Waals surface area contributed by atoms with Crippen LogP contribution in [-0.2, 0) is 4.79 Å². The predicted octanol–water partition coefficient (Wildman–Crippen LogP) is 3.21. The number of halogens is 2. The van der Waals surface area contributed by atoms with Crippen molar-refractivity contribution in [1.82, 2.24) is 0 Å². The Kier molecular flexibility index (Phi) is 5.75. The maximum atomic E-state index is 13.4. The van der Waals surface area contributed by atoms with E-state index in [2.05, 4.69) is 21.2 Å². The summed E-state index contributed by atoms with van der Waals surface area (Å²) in [6, 6.07) is 2.96. The summed E-state index contributed by atoms with van der Waals surface area (Å²) in [6.07, 6.45) is 1.22. The van der Waals surface area contributed by atoms with Gasteiger partial charge >= 0.3 is 0 Å². The summed E-state index contributed by atoms with van der Waals surface area (Å²) in [5, 5.41) is 2.72. The van der Waals surface area contributed by atoms with Crippen molar-refractivity contribution in [2.24, 2.45) is 11.7 Å². The lowest BCUT2D eigenvalue weighted by molar-refractivity contribution is -0.117. The van der Waals surface area contributed by atoms with Crippen molar-refractivity contribution in [3.63, 3.8) is 0 Å². The van der Waals surface area contributed by atoms with Crippen molar-refractivity contribution in [2.45, 2.75) is 26.7 Å². The normalized spacial score (nSPS) is 12.3. The van der Waals surface area contributed by atoms with Crippen LogP contribution < -0.4 is 11.1 Å². The summed E-state index contributed by atoms with van der Waals surface area (Å²) >= 11 is 3.10. The molecule has 0 radical (unpaired) electrons. The third-order valence-corrected chi connectivity index (χ3v) is 3.53. The van der Waals surface area contributed by atoms with Crippen LogP contribution in [0.1, 0.15) is 25.3 Å². The van der Waals surface area contributed by atoms with E-state index in [9.17, 15) is 9.18 Å². The Bertz CT molecular complexity index is 433. The van der Waals surface area contributed by atoms with Crippen LogP contribution in [0.15, 0.2) is 16.6 Å². The molecule has 1 amide bonds. The molecule has 18 heavy (non-hydrogen) atoms. The smallest absolute Gasteiger partial charge is 0.224 e.